The number of allylic oxidation sites excluding steroid dienone is 3. The van der Waals surface area contributed by atoms with Crippen LogP contribution in [0.2, 0.25) is 0 Å². The summed E-state index contributed by atoms with van der Waals surface area (Å²) in [6, 6.07) is 8.90. The van der Waals surface area contributed by atoms with Gasteiger partial charge in [0.05, 0.1) is 5.69 Å². The van der Waals surface area contributed by atoms with Gasteiger partial charge in [0, 0.05) is 5.56 Å². The molecule has 0 saturated heterocycles. The number of aryl methyl sites for hydroxylation is 1. The van der Waals surface area contributed by atoms with Crippen molar-refractivity contribution in [2.75, 3.05) is 5.73 Å². The topological polar surface area (TPSA) is 98.0 Å². The molecule has 0 aliphatic rings. The molecule has 0 unspecified atom stereocenters. The Kier molecular flexibility index (Phi) is 5.14. The van der Waals surface area contributed by atoms with Crippen LogP contribution < -0.4 is 11.5 Å². The second-order valence-corrected chi connectivity index (χ2v) is 4.88. The van der Waals surface area contributed by atoms with Crippen LogP contribution in [0, 0.1) is 0 Å². The summed E-state index contributed by atoms with van der Waals surface area (Å²) in [5, 5.41) is 18.0. The maximum absolute atomic E-state index is 9.92. The Morgan fingerprint density at radius 3 is 2.73 bits per heavy atom. The van der Waals surface area contributed by atoms with Crippen molar-refractivity contribution in [3.05, 3.63) is 59.8 Å². The van der Waals surface area contributed by atoms with Gasteiger partial charge in [-0.2, -0.15) is 0 Å². The van der Waals surface area contributed by atoms with Crippen molar-refractivity contribution in [3.63, 3.8) is 0 Å². The minimum Gasteiger partial charge on any atom is -0.507 e. The first kappa shape index (κ1) is 15.6. The number of phenols is 1. The highest BCUT2D eigenvalue weighted by atomic mass is 16.3. The molecule has 2 rings (SSSR count). The molecule has 0 bridgehead atoms. The first-order chi connectivity index (χ1) is 10.7. The van der Waals surface area contributed by atoms with Crippen LogP contribution in [-0.4, -0.2) is 15.3 Å². The van der Waals surface area contributed by atoms with Gasteiger partial charge in [0.1, 0.15) is 11.6 Å². The quantitative estimate of drug-likeness (QED) is 0.737. The summed E-state index contributed by atoms with van der Waals surface area (Å²) < 4.78 is 0. The molecule has 5 heteroatoms. The van der Waals surface area contributed by atoms with Gasteiger partial charge in [-0.05, 0) is 55.8 Å². The molecule has 114 valence electrons. The fourth-order valence-corrected chi connectivity index (χ4v) is 2.19. The van der Waals surface area contributed by atoms with Crippen molar-refractivity contribution < 1.29 is 5.11 Å². The van der Waals surface area contributed by atoms with Gasteiger partial charge in [-0.1, -0.05) is 23.8 Å². The van der Waals surface area contributed by atoms with E-state index in [-0.39, 0.29) is 5.75 Å². The summed E-state index contributed by atoms with van der Waals surface area (Å²) >= 11 is 0. The summed E-state index contributed by atoms with van der Waals surface area (Å²) in [4.78, 5) is 0. The number of para-hydroxylation sites is 1. The van der Waals surface area contributed by atoms with Gasteiger partial charge < -0.3 is 16.6 Å². The van der Waals surface area contributed by atoms with Crippen LogP contribution in [0.3, 0.4) is 0 Å². The van der Waals surface area contributed by atoms with Crippen molar-refractivity contribution in [3.8, 4) is 17.0 Å². The number of nitrogens with two attached hydrogens (primary N) is 2. The van der Waals surface area contributed by atoms with Crippen molar-refractivity contribution in [2.45, 2.75) is 19.8 Å². The molecule has 0 aliphatic carbocycles. The lowest BCUT2D eigenvalue weighted by Gasteiger charge is -2.08. The first-order valence-electron chi connectivity index (χ1n) is 7.09. The molecule has 2 aromatic rings. The predicted molar refractivity (Wildman–Crippen MR) is 89.0 cm³/mol. The highest BCUT2D eigenvalue weighted by molar-refractivity contribution is 5.67. The number of nitrogen functional groups attached to an aromatic ring is 1. The van der Waals surface area contributed by atoms with Crippen molar-refractivity contribution in [2.24, 2.45) is 5.73 Å². The number of hydrogen-bond acceptors (Lipinski definition) is 5. The van der Waals surface area contributed by atoms with Crippen LogP contribution in [0.1, 0.15) is 18.9 Å². The maximum Gasteiger partial charge on any atom is 0.149 e. The van der Waals surface area contributed by atoms with E-state index in [2.05, 4.69) is 10.2 Å². The third-order valence-electron chi connectivity index (χ3n) is 3.45. The Bertz CT molecular complexity index is 708. The summed E-state index contributed by atoms with van der Waals surface area (Å²) in [5.74, 6) is 0.582. The average Bonchev–Trinajstić information content (AvgIpc) is 2.53. The van der Waals surface area contributed by atoms with Gasteiger partial charge in [0.25, 0.3) is 0 Å². The second-order valence-electron chi connectivity index (χ2n) is 4.88. The lowest BCUT2D eigenvalue weighted by molar-refractivity contribution is 0.477. The van der Waals surface area contributed by atoms with Gasteiger partial charge >= 0.3 is 0 Å². The molecule has 5 nitrogen and oxygen atoms in total. The third kappa shape index (κ3) is 3.63. The van der Waals surface area contributed by atoms with Crippen molar-refractivity contribution >= 4 is 5.82 Å². The number of aromatic hydroxyl groups is 1. The lowest BCUT2D eigenvalue weighted by Crippen LogP contribution is -2.02. The molecule has 0 spiro atoms. The fraction of sp³-hybridized carbons (Fsp3) is 0.176. The number of rotatable bonds is 5. The number of anilines is 1. The highest BCUT2D eigenvalue weighted by Crippen LogP contribution is 2.28. The standard InChI is InChI=1S/C17H20N4O/c1-2-12(9-10-18)7-8-13-11-15(20-21-17(13)19)14-5-3-4-6-16(14)22/h2-6,9-11,22H,7-8,18H2,1H3,(H2,19,21)/b10-9-,12-2-. The van der Waals surface area contributed by atoms with E-state index in [9.17, 15) is 5.11 Å². The fourth-order valence-electron chi connectivity index (χ4n) is 2.19. The predicted octanol–water partition coefficient (Wildman–Crippen LogP) is 2.78. The van der Waals surface area contributed by atoms with E-state index < -0.39 is 0 Å². The van der Waals surface area contributed by atoms with Crippen molar-refractivity contribution in [1.29, 1.82) is 0 Å². The van der Waals surface area contributed by atoms with Gasteiger partial charge in [0.2, 0.25) is 0 Å². The van der Waals surface area contributed by atoms with Crippen molar-refractivity contribution in [1.82, 2.24) is 10.2 Å². The number of hydrogen-bond donors (Lipinski definition) is 3. The van der Waals surface area contributed by atoms with Crippen LogP contribution in [0.4, 0.5) is 5.82 Å². The van der Waals surface area contributed by atoms with Crippen LogP contribution in [0.25, 0.3) is 11.3 Å². The zero-order chi connectivity index (χ0) is 15.9. The average molecular weight is 296 g/mol. The number of aromatic nitrogens is 2. The molecule has 0 radical (unpaired) electrons. The van der Waals surface area contributed by atoms with Gasteiger partial charge in [0.15, 0.2) is 0 Å². The first-order valence-corrected chi connectivity index (χ1v) is 7.09. The van der Waals surface area contributed by atoms with Crippen LogP contribution in [0.15, 0.2) is 54.3 Å². The van der Waals surface area contributed by atoms with E-state index in [1.165, 1.54) is 6.20 Å². The lowest BCUT2D eigenvalue weighted by atomic mass is 10.0. The number of nitrogens with zero attached hydrogens (tertiary/aromatic N) is 2. The molecule has 0 fully saturated rings. The number of phenolic OH excluding ortho intramolecular Hbond substituents is 1. The van der Waals surface area contributed by atoms with E-state index in [1.807, 2.05) is 31.2 Å². The molecule has 0 aliphatic heterocycles. The molecule has 1 aromatic carbocycles. The SMILES string of the molecule is C/C=C(\C=C/N)CCc1cc(-c2ccccc2O)nnc1N. The molecular formula is C17H20N4O. The maximum atomic E-state index is 9.92. The molecule has 5 N–H and O–H groups in total. The minimum absolute atomic E-state index is 0.174. The molecule has 0 atom stereocenters. The molecule has 0 amide bonds. The largest absolute Gasteiger partial charge is 0.507 e. The Morgan fingerprint density at radius 1 is 1.27 bits per heavy atom. The van der Waals surface area contributed by atoms with Gasteiger partial charge in [-0.15, -0.1) is 10.2 Å². The molecule has 1 heterocycles. The normalized spacial score (nSPS) is 12.0. The van der Waals surface area contributed by atoms with E-state index >= 15 is 0 Å². The van der Waals surface area contributed by atoms with Gasteiger partial charge in [-0.3, -0.25) is 0 Å². The van der Waals surface area contributed by atoms with Gasteiger partial charge in [-0.25, -0.2) is 0 Å². The molecule has 1 aromatic heterocycles. The van der Waals surface area contributed by atoms with E-state index in [0.29, 0.717) is 17.1 Å². The van der Waals surface area contributed by atoms with E-state index in [4.69, 9.17) is 11.5 Å². The summed E-state index contributed by atoms with van der Waals surface area (Å²) in [6.07, 6.45) is 6.94. The Balaban J connectivity index is 2.26. The zero-order valence-electron chi connectivity index (χ0n) is 12.5. The second kappa shape index (κ2) is 7.26. The zero-order valence-corrected chi connectivity index (χ0v) is 12.5. The summed E-state index contributed by atoms with van der Waals surface area (Å²) in [5.41, 5.74) is 14.6. The molecule has 0 saturated carbocycles. The Labute approximate surface area is 130 Å². The minimum atomic E-state index is 0.174. The van der Waals surface area contributed by atoms with Crippen LogP contribution >= 0.6 is 0 Å². The summed E-state index contributed by atoms with van der Waals surface area (Å²) in [7, 11) is 0. The van der Waals surface area contributed by atoms with E-state index in [0.717, 1.165) is 24.0 Å². The Hall–Kier alpha value is -2.82. The molecule has 22 heavy (non-hydrogen) atoms. The monoisotopic (exact) mass is 296 g/mol. The molecular weight excluding hydrogens is 276 g/mol. The summed E-state index contributed by atoms with van der Waals surface area (Å²) in [6.45, 7) is 1.97. The highest BCUT2D eigenvalue weighted by Gasteiger charge is 2.09. The van der Waals surface area contributed by atoms with E-state index in [1.54, 1.807) is 18.2 Å². The van der Waals surface area contributed by atoms with Crippen LogP contribution in [-0.2, 0) is 6.42 Å². The smallest absolute Gasteiger partial charge is 0.149 e. The number of benzene rings is 1. The third-order valence-corrected chi connectivity index (χ3v) is 3.45. The Morgan fingerprint density at radius 2 is 2.05 bits per heavy atom. The van der Waals surface area contributed by atoms with Crippen LogP contribution in [0.5, 0.6) is 5.75 Å².